The normalized spacial score (nSPS) is 14.4. The van der Waals surface area contributed by atoms with Gasteiger partial charge in [-0.3, -0.25) is 4.79 Å². The van der Waals surface area contributed by atoms with Crippen LogP contribution in [0.5, 0.6) is 5.75 Å². The lowest BCUT2D eigenvalue weighted by atomic mass is 10.1. The van der Waals surface area contributed by atoms with Crippen LogP contribution in [-0.2, 0) is 6.61 Å². The van der Waals surface area contributed by atoms with E-state index in [4.69, 9.17) is 16.3 Å². The Hall–Kier alpha value is -2.56. The summed E-state index contributed by atoms with van der Waals surface area (Å²) in [6, 6.07) is 19.4. The van der Waals surface area contributed by atoms with Gasteiger partial charge in [-0.15, -0.1) is 0 Å². The van der Waals surface area contributed by atoms with E-state index < -0.39 is 5.82 Å². The van der Waals surface area contributed by atoms with Gasteiger partial charge in [0.05, 0.1) is 9.93 Å². The molecule has 0 amide bonds. The highest BCUT2D eigenvalue weighted by Gasteiger charge is 2.25. The van der Waals surface area contributed by atoms with Crippen LogP contribution in [0.25, 0.3) is 6.08 Å². The Morgan fingerprint density at radius 3 is 2.67 bits per heavy atom. The lowest BCUT2D eigenvalue weighted by Crippen LogP contribution is -1.99. The van der Waals surface area contributed by atoms with Gasteiger partial charge in [0.2, 0.25) is 5.78 Å². The maximum Gasteiger partial charge on any atom is 0.200 e. The molecule has 4 rings (SSSR count). The largest absolute Gasteiger partial charge is 0.489 e. The molecule has 3 aromatic carbocycles. The lowest BCUT2D eigenvalue weighted by Gasteiger charge is -2.09. The van der Waals surface area contributed by atoms with Gasteiger partial charge < -0.3 is 4.74 Å². The summed E-state index contributed by atoms with van der Waals surface area (Å²) in [5.41, 5.74) is 1.89. The Balaban J connectivity index is 1.53. The van der Waals surface area contributed by atoms with Crippen LogP contribution in [0.4, 0.5) is 4.39 Å². The van der Waals surface area contributed by atoms with Crippen molar-refractivity contribution >= 4 is 35.2 Å². The van der Waals surface area contributed by atoms with Crippen LogP contribution >= 0.6 is 23.4 Å². The lowest BCUT2D eigenvalue weighted by molar-refractivity contribution is 0.104. The topological polar surface area (TPSA) is 26.3 Å². The van der Waals surface area contributed by atoms with Crippen molar-refractivity contribution in [2.45, 2.75) is 11.5 Å². The molecule has 0 radical (unpaired) electrons. The predicted octanol–water partition coefficient (Wildman–Crippen LogP) is 6.39. The van der Waals surface area contributed by atoms with E-state index in [1.165, 1.54) is 17.8 Å². The summed E-state index contributed by atoms with van der Waals surface area (Å²) in [6.45, 7) is 0.0324. The fourth-order valence-corrected chi connectivity index (χ4v) is 4.08. The van der Waals surface area contributed by atoms with Gasteiger partial charge in [0.15, 0.2) is 0 Å². The number of fused-ring (bicyclic) bond motifs is 1. The number of thioether (sulfide) groups is 1. The van der Waals surface area contributed by atoms with E-state index in [1.54, 1.807) is 18.2 Å². The minimum Gasteiger partial charge on any atom is -0.489 e. The molecule has 134 valence electrons. The number of ketones is 1. The molecule has 1 aliphatic rings. The molecule has 0 aromatic heterocycles. The first-order chi connectivity index (χ1) is 13.1. The molecule has 0 saturated heterocycles. The van der Waals surface area contributed by atoms with Gasteiger partial charge in [-0.05, 0) is 48.0 Å². The van der Waals surface area contributed by atoms with Gasteiger partial charge in [-0.1, -0.05) is 53.7 Å². The minimum absolute atomic E-state index is 0.0278. The molecular weight excluding hydrogens is 383 g/mol. The minimum atomic E-state index is -0.397. The first-order valence-corrected chi connectivity index (χ1v) is 9.50. The van der Waals surface area contributed by atoms with Gasteiger partial charge in [0, 0.05) is 16.0 Å². The molecule has 0 spiro atoms. The zero-order valence-electron chi connectivity index (χ0n) is 14.1. The number of hydrogen-bond donors (Lipinski definition) is 0. The van der Waals surface area contributed by atoms with E-state index >= 15 is 0 Å². The van der Waals surface area contributed by atoms with Crippen LogP contribution in [0, 0.1) is 5.82 Å². The summed E-state index contributed by atoms with van der Waals surface area (Å²) in [5, 5.41) is 0.332. The van der Waals surface area contributed by atoms with E-state index in [9.17, 15) is 9.18 Å². The van der Waals surface area contributed by atoms with Crippen LogP contribution in [0.1, 0.15) is 21.5 Å². The number of carbonyl (C=O) groups excluding carboxylic acids is 1. The first-order valence-electron chi connectivity index (χ1n) is 8.31. The summed E-state index contributed by atoms with van der Waals surface area (Å²) in [4.78, 5) is 14.1. The summed E-state index contributed by atoms with van der Waals surface area (Å²) < 4.78 is 19.6. The maximum atomic E-state index is 13.9. The quantitative estimate of drug-likeness (QED) is 0.478. The monoisotopic (exact) mass is 396 g/mol. The molecule has 0 fully saturated rings. The molecule has 2 nitrogen and oxygen atoms in total. The molecular formula is C22H14ClFO2S. The smallest absolute Gasteiger partial charge is 0.200 e. The molecule has 0 atom stereocenters. The Morgan fingerprint density at radius 2 is 1.85 bits per heavy atom. The Kier molecular flexibility index (Phi) is 5.01. The SMILES string of the molecule is O=C1/C(=C/c2cccc(OCc3c(F)cccc3Cl)c2)Sc2ccccc21. The van der Waals surface area contributed by atoms with Gasteiger partial charge in [-0.2, -0.15) is 0 Å². The predicted molar refractivity (Wildman–Crippen MR) is 107 cm³/mol. The molecule has 27 heavy (non-hydrogen) atoms. The van der Waals surface area contributed by atoms with E-state index in [1.807, 2.05) is 48.5 Å². The number of ether oxygens (including phenoxy) is 1. The van der Waals surface area contributed by atoms with Crippen LogP contribution in [0.3, 0.4) is 0 Å². The zero-order chi connectivity index (χ0) is 18.8. The Labute approximate surface area is 165 Å². The molecule has 0 saturated carbocycles. The van der Waals surface area contributed by atoms with Crippen LogP contribution < -0.4 is 4.74 Å². The summed E-state index contributed by atoms with van der Waals surface area (Å²) >= 11 is 7.49. The van der Waals surface area contributed by atoms with E-state index in [-0.39, 0.29) is 12.4 Å². The second-order valence-electron chi connectivity index (χ2n) is 6.00. The van der Waals surface area contributed by atoms with Gasteiger partial charge in [-0.25, -0.2) is 4.39 Å². The zero-order valence-corrected chi connectivity index (χ0v) is 15.7. The highest BCUT2D eigenvalue weighted by molar-refractivity contribution is 8.04. The number of rotatable bonds is 4. The standard InChI is InChI=1S/C22H14ClFO2S/c23-18-8-4-9-19(24)17(18)13-26-15-6-3-5-14(11-15)12-21-22(25)16-7-1-2-10-20(16)27-21/h1-12H,13H2/b21-12-. The summed E-state index contributed by atoms with van der Waals surface area (Å²) in [5.74, 6) is 0.211. The number of carbonyl (C=O) groups is 1. The molecule has 3 aromatic rings. The van der Waals surface area contributed by atoms with Crippen molar-refractivity contribution in [1.29, 1.82) is 0 Å². The molecule has 1 heterocycles. The Bertz CT molecular complexity index is 1040. The average Bonchev–Trinajstić information content (AvgIpc) is 2.98. The van der Waals surface area contributed by atoms with Crippen LogP contribution in [0.2, 0.25) is 5.02 Å². The maximum absolute atomic E-state index is 13.9. The Morgan fingerprint density at radius 1 is 1.04 bits per heavy atom. The number of hydrogen-bond acceptors (Lipinski definition) is 3. The molecule has 0 unspecified atom stereocenters. The molecule has 0 N–H and O–H groups in total. The fraction of sp³-hybridized carbons (Fsp3) is 0.0455. The summed E-state index contributed by atoms with van der Waals surface area (Å²) in [7, 11) is 0. The van der Waals surface area contributed by atoms with Crippen LogP contribution in [-0.4, -0.2) is 5.78 Å². The number of allylic oxidation sites excluding steroid dienone is 1. The third kappa shape index (κ3) is 3.77. The van der Waals surface area contributed by atoms with E-state index in [2.05, 4.69) is 0 Å². The summed E-state index contributed by atoms with van der Waals surface area (Å²) in [6.07, 6.45) is 1.84. The number of benzene rings is 3. The van der Waals surface area contributed by atoms with Crippen molar-refractivity contribution in [2.24, 2.45) is 0 Å². The van der Waals surface area contributed by atoms with Crippen molar-refractivity contribution in [3.63, 3.8) is 0 Å². The third-order valence-electron chi connectivity index (χ3n) is 4.18. The van der Waals surface area contributed by atoms with Gasteiger partial charge >= 0.3 is 0 Å². The highest BCUT2D eigenvalue weighted by atomic mass is 35.5. The van der Waals surface area contributed by atoms with E-state index in [0.29, 0.717) is 21.2 Å². The van der Waals surface area contributed by atoms with Gasteiger partial charge in [0.1, 0.15) is 18.2 Å². The van der Waals surface area contributed by atoms with E-state index in [0.717, 1.165) is 16.0 Å². The van der Waals surface area contributed by atoms with Crippen molar-refractivity contribution in [1.82, 2.24) is 0 Å². The molecule has 0 aliphatic carbocycles. The number of halogens is 2. The van der Waals surface area contributed by atoms with Crippen molar-refractivity contribution < 1.29 is 13.9 Å². The third-order valence-corrected chi connectivity index (χ3v) is 5.63. The first kappa shape index (κ1) is 17.8. The fourth-order valence-electron chi connectivity index (χ4n) is 2.81. The highest BCUT2D eigenvalue weighted by Crippen LogP contribution is 2.40. The second kappa shape index (κ2) is 7.59. The van der Waals surface area contributed by atoms with Crippen LogP contribution in [0.15, 0.2) is 76.5 Å². The molecule has 1 aliphatic heterocycles. The number of Topliss-reactive ketones (excluding diaryl/α,β-unsaturated/α-hetero) is 1. The van der Waals surface area contributed by atoms with Gasteiger partial charge in [0.25, 0.3) is 0 Å². The average molecular weight is 397 g/mol. The molecule has 5 heteroatoms. The van der Waals surface area contributed by atoms with Crippen molar-refractivity contribution in [3.05, 3.63) is 99.2 Å². The van der Waals surface area contributed by atoms with Crippen molar-refractivity contribution in [2.75, 3.05) is 0 Å². The van der Waals surface area contributed by atoms with Crippen molar-refractivity contribution in [3.8, 4) is 5.75 Å². The molecule has 0 bridgehead atoms. The second-order valence-corrected chi connectivity index (χ2v) is 7.49.